The van der Waals surface area contributed by atoms with Crippen LogP contribution >= 0.6 is 12.6 Å². The van der Waals surface area contributed by atoms with Crippen molar-refractivity contribution in [3.05, 3.63) is 72.1 Å². The lowest BCUT2D eigenvalue weighted by molar-refractivity contribution is -0.141. The minimum absolute atomic E-state index is 0.0299. The third-order valence-electron chi connectivity index (χ3n) is 7.02. The second-order valence-corrected chi connectivity index (χ2v) is 10.5. The average Bonchev–Trinajstić information content (AvgIpc) is 3.58. The van der Waals surface area contributed by atoms with Crippen LogP contribution < -0.4 is 27.4 Å². The van der Waals surface area contributed by atoms with Gasteiger partial charge in [0.05, 0.1) is 12.5 Å². The average molecular weight is 608 g/mol. The van der Waals surface area contributed by atoms with Gasteiger partial charge in [-0.1, -0.05) is 36.4 Å². The van der Waals surface area contributed by atoms with Crippen LogP contribution in [0.15, 0.2) is 60.9 Å². The lowest BCUT2D eigenvalue weighted by Crippen LogP contribution is -2.58. The molecule has 13 nitrogen and oxygen atoms in total. The SMILES string of the molecule is NC(=O)CC(NC(=O)C(N)Cc1c[nH]c2ccccc12)C(=O)NC(Cc1c[nH]c2ccccc12)C(=O)NC(CS)C(=O)O. The predicted octanol–water partition coefficient (Wildman–Crippen LogP) is 0.106. The van der Waals surface area contributed by atoms with Gasteiger partial charge in [-0.25, -0.2) is 4.79 Å². The quantitative estimate of drug-likeness (QED) is 0.0898. The first-order chi connectivity index (χ1) is 20.6. The number of benzene rings is 2. The normalized spacial score (nSPS) is 14.0. The van der Waals surface area contributed by atoms with Crippen LogP contribution in [0.3, 0.4) is 0 Å². The summed E-state index contributed by atoms with van der Waals surface area (Å²) in [6.45, 7) is 0. The Morgan fingerprint density at radius 3 is 1.77 bits per heavy atom. The highest BCUT2D eigenvalue weighted by atomic mass is 32.1. The molecule has 4 atom stereocenters. The summed E-state index contributed by atoms with van der Waals surface area (Å²) >= 11 is 3.98. The molecule has 0 aliphatic rings. The molecule has 0 saturated heterocycles. The van der Waals surface area contributed by atoms with Gasteiger partial charge in [0, 0.05) is 46.4 Å². The molecular formula is C29H33N7O6S. The van der Waals surface area contributed by atoms with Crippen LogP contribution in [0.4, 0.5) is 0 Å². The van der Waals surface area contributed by atoms with E-state index in [9.17, 15) is 29.1 Å². The number of carboxylic acid groups (broad SMARTS) is 1. The molecule has 4 unspecified atom stereocenters. The molecule has 0 aliphatic heterocycles. The number of para-hydroxylation sites is 2. The molecule has 0 radical (unpaired) electrons. The van der Waals surface area contributed by atoms with Crippen LogP contribution in [0.25, 0.3) is 21.8 Å². The van der Waals surface area contributed by atoms with Crippen LogP contribution in [0.1, 0.15) is 17.5 Å². The summed E-state index contributed by atoms with van der Waals surface area (Å²) in [5.74, 6) is -4.73. The van der Waals surface area contributed by atoms with Gasteiger partial charge in [0.1, 0.15) is 18.1 Å². The van der Waals surface area contributed by atoms with E-state index in [0.717, 1.165) is 27.4 Å². The summed E-state index contributed by atoms with van der Waals surface area (Å²) in [4.78, 5) is 69.3. The van der Waals surface area contributed by atoms with Crippen molar-refractivity contribution in [2.24, 2.45) is 11.5 Å². The van der Waals surface area contributed by atoms with Crippen molar-refractivity contribution in [3.8, 4) is 0 Å². The Bertz CT molecular complexity index is 1650. The lowest BCUT2D eigenvalue weighted by Gasteiger charge is -2.24. The zero-order valence-corrected chi connectivity index (χ0v) is 23.9. The standard InChI is InChI=1S/C29H33N7O6S/c30-19(9-15-12-32-20-7-3-1-5-17(15)20)26(38)34-23(11-25(31)37)28(40)35-22(27(39)36-24(14-43)29(41)42)10-16-13-33-21-8-4-2-6-18(16)21/h1-8,12-13,19,22-24,32-33,43H,9-11,14,30H2,(H2,31,37)(H,34,38)(H,35,40)(H,36,39)(H,41,42). The van der Waals surface area contributed by atoms with Gasteiger partial charge in [-0.3, -0.25) is 19.2 Å². The molecule has 226 valence electrons. The number of carbonyl (C=O) groups is 5. The Hall–Kier alpha value is -4.82. The minimum atomic E-state index is -1.45. The molecule has 0 saturated carbocycles. The van der Waals surface area contributed by atoms with Crippen LogP contribution in [-0.4, -0.2) is 74.6 Å². The number of primary amides is 1. The van der Waals surface area contributed by atoms with Crippen molar-refractivity contribution in [1.82, 2.24) is 25.9 Å². The molecule has 14 heteroatoms. The number of hydrogen-bond donors (Lipinski definition) is 9. The van der Waals surface area contributed by atoms with Gasteiger partial charge in [0.15, 0.2) is 0 Å². The highest BCUT2D eigenvalue weighted by Crippen LogP contribution is 2.20. The molecule has 4 amide bonds. The maximum Gasteiger partial charge on any atom is 0.327 e. The van der Waals surface area contributed by atoms with Crippen molar-refractivity contribution < 1.29 is 29.1 Å². The Morgan fingerprint density at radius 2 is 1.23 bits per heavy atom. The maximum atomic E-state index is 13.4. The Kier molecular flexibility index (Phi) is 10.1. The van der Waals surface area contributed by atoms with E-state index in [1.54, 1.807) is 12.4 Å². The number of nitrogens with one attached hydrogen (secondary N) is 5. The minimum Gasteiger partial charge on any atom is -0.480 e. The van der Waals surface area contributed by atoms with Gasteiger partial charge in [0.25, 0.3) is 0 Å². The lowest BCUT2D eigenvalue weighted by atomic mass is 10.0. The molecule has 2 aromatic heterocycles. The van der Waals surface area contributed by atoms with Gasteiger partial charge in [-0.2, -0.15) is 12.6 Å². The number of aromatic amines is 2. The molecule has 4 rings (SSSR count). The summed E-state index contributed by atoms with van der Waals surface area (Å²) in [6, 6.07) is 9.70. The fraction of sp³-hybridized carbons (Fsp3) is 0.276. The van der Waals surface area contributed by atoms with E-state index >= 15 is 0 Å². The molecular weight excluding hydrogens is 574 g/mol. The number of amides is 4. The molecule has 2 heterocycles. The Labute approximate surface area is 251 Å². The van der Waals surface area contributed by atoms with Crippen LogP contribution in [0.5, 0.6) is 0 Å². The smallest absolute Gasteiger partial charge is 0.327 e. The molecule has 43 heavy (non-hydrogen) atoms. The number of hydrogen-bond acceptors (Lipinski definition) is 7. The van der Waals surface area contributed by atoms with Crippen LogP contribution in [-0.2, 0) is 36.8 Å². The Balaban J connectivity index is 1.52. The first-order valence-corrected chi connectivity index (χ1v) is 14.1. The molecule has 0 bridgehead atoms. The van der Waals surface area contributed by atoms with Gasteiger partial charge in [0.2, 0.25) is 23.6 Å². The molecule has 4 aromatic rings. The van der Waals surface area contributed by atoms with E-state index in [2.05, 4.69) is 38.5 Å². The third-order valence-corrected chi connectivity index (χ3v) is 7.38. The second-order valence-electron chi connectivity index (χ2n) is 10.1. The van der Waals surface area contributed by atoms with E-state index in [1.165, 1.54) is 0 Å². The van der Waals surface area contributed by atoms with Crippen molar-refractivity contribution in [2.75, 3.05) is 5.75 Å². The van der Waals surface area contributed by atoms with E-state index in [4.69, 9.17) is 11.5 Å². The van der Waals surface area contributed by atoms with Crippen LogP contribution in [0.2, 0.25) is 0 Å². The third kappa shape index (κ3) is 7.72. The van der Waals surface area contributed by atoms with Crippen molar-refractivity contribution in [1.29, 1.82) is 0 Å². The zero-order chi connectivity index (χ0) is 31.1. The van der Waals surface area contributed by atoms with E-state index < -0.39 is 60.2 Å². The second kappa shape index (κ2) is 13.9. The van der Waals surface area contributed by atoms with Gasteiger partial charge >= 0.3 is 5.97 Å². The number of carboxylic acids is 1. The van der Waals surface area contributed by atoms with Gasteiger partial charge < -0.3 is 42.5 Å². The molecule has 0 fully saturated rings. The number of thiol groups is 1. The largest absolute Gasteiger partial charge is 0.480 e. The first kappa shape index (κ1) is 31.1. The number of aromatic nitrogens is 2. The van der Waals surface area contributed by atoms with Crippen molar-refractivity contribution in [3.63, 3.8) is 0 Å². The number of H-pyrrole nitrogens is 2. The molecule has 10 N–H and O–H groups in total. The number of nitrogens with two attached hydrogens (primary N) is 2. The predicted molar refractivity (Wildman–Crippen MR) is 163 cm³/mol. The van der Waals surface area contributed by atoms with Gasteiger partial charge in [-0.15, -0.1) is 0 Å². The highest BCUT2D eigenvalue weighted by Gasteiger charge is 2.31. The summed E-state index contributed by atoms with van der Waals surface area (Å²) in [5, 5.41) is 18.5. The van der Waals surface area contributed by atoms with E-state index in [-0.39, 0.29) is 18.6 Å². The molecule has 2 aromatic carbocycles. The summed E-state index contributed by atoms with van der Waals surface area (Å²) in [6.07, 6.45) is 2.98. The maximum absolute atomic E-state index is 13.4. The fourth-order valence-electron chi connectivity index (χ4n) is 4.78. The molecule has 0 spiro atoms. The Morgan fingerprint density at radius 1 is 0.744 bits per heavy atom. The van der Waals surface area contributed by atoms with Crippen molar-refractivity contribution >= 4 is 64.0 Å². The van der Waals surface area contributed by atoms with E-state index in [1.807, 2.05) is 48.5 Å². The van der Waals surface area contributed by atoms with Crippen molar-refractivity contribution in [2.45, 2.75) is 43.4 Å². The summed E-state index contributed by atoms with van der Waals surface area (Å²) < 4.78 is 0. The first-order valence-electron chi connectivity index (χ1n) is 13.5. The number of carbonyl (C=O) groups excluding carboxylic acids is 4. The number of rotatable bonds is 14. The summed E-state index contributed by atoms with van der Waals surface area (Å²) in [5.41, 5.74) is 14.7. The number of fused-ring (bicyclic) bond motifs is 2. The summed E-state index contributed by atoms with van der Waals surface area (Å²) in [7, 11) is 0. The monoisotopic (exact) mass is 607 g/mol. The fourth-order valence-corrected chi connectivity index (χ4v) is 5.03. The van der Waals surface area contributed by atoms with Gasteiger partial charge in [-0.05, 0) is 29.7 Å². The zero-order valence-electron chi connectivity index (χ0n) is 23.0. The van der Waals surface area contributed by atoms with Crippen LogP contribution in [0, 0.1) is 0 Å². The number of aliphatic carboxylic acids is 1. The molecule has 0 aliphatic carbocycles. The highest BCUT2D eigenvalue weighted by molar-refractivity contribution is 7.80. The topological polar surface area (TPSA) is 225 Å². The van der Waals surface area contributed by atoms with E-state index in [0.29, 0.717) is 5.56 Å².